The van der Waals surface area contributed by atoms with E-state index < -0.39 is 5.97 Å². The second-order valence-electron chi connectivity index (χ2n) is 8.85. The van der Waals surface area contributed by atoms with Gasteiger partial charge in [0.1, 0.15) is 29.9 Å². The predicted octanol–water partition coefficient (Wildman–Crippen LogP) is 3.97. The van der Waals surface area contributed by atoms with Gasteiger partial charge in [0.05, 0.1) is 23.9 Å². The summed E-state index contributed by atoms with van der Waals surface area (Å²) < 4.78 is 16.7. The van der Waals surface area contributed by atoms with Crippen LogP contribution < -0.4 is 4.74 Å². The Bertz CT molecular complexity index is 970. The van der Waals surface area contributed by atoms with Gasteiger partial charge in [0.15, 0.2) is 0 Å². The second kappa shape index (κ2) is 10.2. The quantitative estimate of drug-likeness (QED) is 0.655. The molecule has 2 fully saturated rings. The highest BCUT2D eigenvalue weighted by molar-refractivity contribution is 5.70. The lowest BCUT2D eigenvalue weighted by Gasteiger charge is -2.26. The number of aromatic nitrogens is 3. The van der Waals surface area contributed by atoms with Gasteiger partial charge in [0.2, 0.25) is 5.88 Å². The fourth-order valence-electron chi connectivity index (χ4n) is 4.59. The molecule has 2 saturated carbocycles. The number of aryl methyl sites for hydroxylation is 1. The van der Waals surface area contributed by atoms with Crippen molar-refractivity contribution in [2.75, 3.05) is 7.05 Å². The number of aliphatic carboxylic acids is 1. The summed E-state index contributed by atoms with van der Waals surface area (Å²) in [5, 5.41) is 13.3. The molecule has 0 aliphatic heterocycles. The molecule has 2 heterocycles. The normalized spacial score (nSPS) is 21.0. The summed E-state index contributed by atoms with van der Waals surface area (Å²) in [7, 11) is 1.77. The summed E-state index contributed by atoms with van der Waals surface area (Å²) >= 11 is 0. The lowest BCUT2D eigenvalue weighted by molar-refractivity contribution is -0.143. The van der Waals surface area contributed by atoms with Crippen molar-refractivity contribution in [2.45, 2.75) is 77.0 Å². The van der Waals surface area contributed by atoms with E-state index in [1.165, 1.54) is 12.4 Å². The standard InChI is InChI=1S/C23H30N4O6/c1-14-18(13-31-23(30)27(2)16-7-3-4-8-16)21(26-33-14)19-11-25-20(12-24-19)32-17-9-5-6-15(10-17)22(28)29/h11-12,15-17H,3-10,13H2,1-2H3,(H,28,29)/t15-,17-/m0/s1. The first-order chi connectivity index (χ1) is 15.9. The van der Waals surface area contributed by atoms with Crippen LogP contribution in [0.25, 0.3) is 11.4 Å². The lowest BCUT2D eigenvalue weighted by atomic mass is 9.87. The van der Waals surface area contributed by atoms with Crippen LogP contribution in [-0.4, -0.2) is 56.4 Å². The van der Waals surface area contributed by atoms with Crippen LogP contribution in [0.3, 0.4) is 0 Å². The van der Waals surface area contributed by atoms with E-state index >= 15 is 0 Å². The molecule has 178 valence electrons. The molecule has 0 unspecified atom stereocenters. The number of amides is 1. The van der Waals surface area contributed by atoms with Gasteiger partial charge in [-0.15, -0.1) is 0 Å². The van der Waals surface area contributed by atoms with Crippen LogP contribution >= 0.6 is 0 Å². The number of nitrogens with zero attached hydrogens (tertiary/aromatic N) is 4. The van der Waals surface area contributed by atoms with Gasteiger partial charge in [-0.05, 0) is 45.4 Å². The molecule has 1 amide bonds. The van der Waals surface area contributed by atoms with E-state index in [4.69, 9.17) is 14.0 Å². The minimum Gasteiger partial charge on any atom is -0.481 e. The zero-order chi connectivity index (χ0) is 23.4. The highest BCUT2D eigenvalue weighted by Gasteiger charge is 2.29. The Morgan fingerprint density at radius 3 is 2.64 bits per heavy atom. The minimum absolute atomic E-state index is 0.0269. The molecule has 10 nitrogen and oxygen atoms in total. The molecule has 2 atom stereocenters. The van der Waals surface area contributed by atoms with Crippen LogP contribution in [0.2, 0.25) is 0 Å². The summed E-state index contributed by atoms with van der Waals surface area (Å²) in [6.45, 7) is 1.78. The third kappa shape index (κ3) is 5.43. The Hall–Kier alpha value is -3.17. The van der Waals surface area contributed by atoms with Crippen molar-refractivity contribution < 1.29 is 28.7 Å². The number of carboxylic acids is 1. The van der Waals surface area contributed by atoms with Gasteiger partial charge in [-0.1, -0.05) is 18.0 Å². The smallest absolute Gasteiger partial charge is 0.410 e. The van der Waals surface area contributed by atoms with Crippen LogP contribution in [0.5, 0.6) is 5.88 Å². The number of hydrogen-bond donors (Lipinski definition) is 1. The number of carboxylic acid groups (broad SMARTS) is 1. The van der Waals surface area contributed by atoms with Gasteiger partial charge in [-0.3, -0.25) is 4.79 Å². The molecule has 0 saturated heterocycles. The van der Waals surface area contributed by atoms with Crippen molar-refractivity contribution in [1.82, 2.24) is 20.0 Å². The van der Waals surface area contributed by atoms with E-state index in [2.05, 4.69) is 15.1 Å². The highest BCUT2D eigenvalue weighted by Crippen LogP contribution is 2.29. The van der Waals surface area contributed by atoms with Crippen LogP contribution in [0, 0.1) is 12.8 Å². The van der Waals surface area contributed by atoms with E-state index in [0.29, 0.717) is 41.4 Å². The summed E-state index contributed by atoms with van der Waals surface area (Å²) in [4.78, 5) is 34.1. The molecule has 0 spiro atoms. The van der Waals surface area contributed by atoms with E-state index in [9.17, 15) is 14.7 Å². The Kier molecular flexibility index (Phi) is 7.10. The SMILES string of the molecule is Cc1onc(-c2cnc(O[C@H]3CCC[C@H](C(=O)O)C3)cn2)c1COC(=O)N(C)C1CCCC1. The number of ether oxygens (including phenoxy) is 2. The molecular formula is C23H30N4O6. The Balaban J connectivity index is 1.38. The Morgan fingerprint density at radius 1 is 1.15 bits per heavy atom. The van der Waals surface area contributed by atoms with Gasteiger partial charge in [-0.25, -0.2) is 14.8 Å². The summed E-state index contributed by atoms with van der Waals surface area (Å²) in [5.74, 6) is -0.285. The number of hydrogen-bond acceptors (Lipinski definition) is 8. The monoisotopic (exact) mass is 458 g/mol. The molecule has 2 aliphatic carbocycles. The molecule has 0 radical (unpaired) electrons. The zero-order valence-electron chi connectivity index (χ0n) is 19.0. The maximum Gasteiger partial charge on any atom is 0.410 e. The topological polar surface area (TPSA) is 128 Å². The van der Waals surface area contributed by atoms with Gasteiger partial charge >= 0.3 is 12.1 Å². The molecule has 33 heavy (non-hydrogen) atoms. The third-order valence-electron chi connectivity index (χ3n) is 6.62. The third-order valence-corrected chi connectivity index (χ3v) is 6.62. The molecule has 10 heteroatoms. The maximum atomic E-state index is 12.5. The van der Waals surface area contributed by atoms with Crippen molar-refractivity contribution in [3.05, 3.63) is 23.7 Å². The van der Waals surface area contributed by atoms with Gasteiger partial charge in [0.25, 0.3) is 0 Å². The first-order valence-electron chi connectivity index (χ1n) is 11.5. The van der Waals surface area contributed by atoms with Gasteiger partial charge in [0, 0.05) is 13.1 Å². The van der Waals surface area contributed by atoms with E-state index in [1.54, 1.807) is 18.9 Å². The number of carbonyl (C=O) groups is 2. The average Bonchev–Trinajstić information content (AvgIpc) is 3.48. The molecule has 2 aromatic rings. The lowest BCUT2D eigenvalue weighted by Crippen LogP contribution is -2.35. The largest absolute Gasteiger partial charge is 0.481 e. The molecule has 1 N–H and O–H groups in total. The first kappa shape index (κ1) is 23.0. The van der Waals surface area contributed by atoms with Crippen LogP contribution in [-0.2, 0) is 16.1 Å². The molecular weight excluding hydrogens is 428 g/mol. The van der Waals surface area contributed by atoms with Crippen molar-refractivity contribution in [3.8, 4) is 17.3 Å². The predicted molar refractivity (Wildman–Crippen MR) is 116 cm³/mol. The molecule has 4 rings (SSSR count). The average molecular weight is 459 g/mol. The van der Waals surface area contributed by atoms with Crippen LogP contribution in [0.1, 0.15) is 62.7 Å². The van der Waals surface area contributed by atoms with E-state index in [-0.39, 0.29) is 30.8 Å². The number of rotatable bonds is 7. The van der Waals surface area contributed by atoms with E-state index in [0.717, 1.165) is 38.5 Å². The molecule has 2 aromatic heterocycles. The summed E-state index contributed by atoms with van der Waals surface area (Å²) in [6.07, 6.45) is 9.48. The van der Waals surface area contributed by atoms with Crippen LogP contribution in [0.15, 0.2) is 16.9 Å². The summed E-state index contributed by atoms with van der Waals surface area (Å²) in [5.41, 5.74) is 1.58. The van der Waals surface area contributed by atoms with Crippen LogP contribution in [0.4, 0.5) is 4.79 Å². The fourth-order valence-corrected chi connectivity index (χ4v) is 4.59. The molecule has 0 aromatic carbocycles. The van der Waals surface area contributed by atoms with Crippen molar-refractivity contribution in [3.63, 3.8) is 0 Å². The zero-order valence-corrected chi connectivity index (χ0v) is 19.0. The first-order valence-corrected chi connectivity index (χ1v) is 11.5. The van der Waals surface area contributed by atoms with Crippen molar-refractivity contribution >= 4 is 12.1 Å². The van der Waals surface area contributed by atoms with Gasteiger partial charge in [-0.2, -0.15) is 0 Å². The van der Waals surface area contributed by atoms with Crippen molar-refractivity contribution in [2.24, 2.45) is 5.92 Å². The maximum absolute atomic E-state index is 12.5. The molecule has 2 aliphatic rings. The minimum atomic E-state index is -0.784. The Morgan fingerprint density at radius 2 is 1.94 bits per heavy atom. The number of carbonyl (C=O) groups excluding carboxylic acids is 1. The van der Waals surface area contributed by atoms with Gasteiger partial charge < -0.3 is 24.0 Å². The highest BCUT2D eigenvalue weighted by atomic mass is 16.6. The fraction of sp³-hybridized carbons (Fsp3) is 0.609. The Labute approximate surface area is 192 Å². The summed E-state index contributed by atoms with van der Waals surface area (Å²) in [6, 6.07) is 0.230. The molecule has 0 bridgehead atoms. The van der Waals surface area contributed by atoms with E-state index in [1.807, 2.05) is 0 Å². The second-order valence-corrected chi connectivity index (χ2v) is 8.85. The van der Waals surface area contributed by atoms with Crippen molar-refractivity contribution in [1.29, 1.82) is 0 Å².